The first-order valence-electron chi connectivity index (χ1n) is 6.07. The predicted molar refractivity (Wildman–Crippen MR) is 72.0 cm³/mol. The fourth-order valence-corrected chi connectivity index (χ4v) is 1.49. The Balaban J connectivity index is 2.15. The number of Topliss-reactive ketones (excluding diaryl/α,β-unsaturated/α-hetero) is 1. The topological polar surface area (TPSA) is 52.6 Å². The van der Waals surface area contributed by atoms with Gasteiger partial charge in [-0.1, -0.05) is 30.3 Å². The van der Waals surface area contributed by atoms with Crippen molar-refractivity contribution < 1.29 is 19.1 Å². The Kier molecular flexibility index (Phi) is 7.86. The van der Waals surface area contributed by atoms with E-state index in [1.54, 1.807) is 0 Å². The maximum Gasteiger partial charge on any atom is 0.313 e. The Morgan fingerprint density at radius 3 is 2.53 bits per heavy atom. The molecule has 0 aliphatic carbocycles. The van der Waals surface area contributed by atoms with E-state index >= 15 is 0 Å². The summed E-state index contributed by atoms with van der Waals surface area (Å²) in [5, 5.41) is 0. The molecule has 4 nitrogen and oxygen atoms in total. The van der Waals surface area contributed by atoms with Crippen LogP contribution in [-0.2, 0) is 25.7 Å². The van der Waals surface area contributed by atoms with E-state index in [1.807, 2.05) is 30.3 Å². The summed E-state index contributed by atoms with van der Waals surface area (Å²) >= 11 is 5.42. The molecule has 0 unspecified atom stereocenters. The summed E-state index contributed by atoms with van der Waals surface area (Å²) in [5.41, 5.74) is 0.897. The van der Waals surface area contributed by atoms with Crippen molar-refractivity contribution in [1.29, 1.82) is 0 Å². The zero-order valence-corrected chi connectivity index (χ0v) is 11.4. The van der Waals surface area contributed by atoms with Gasteiger partial charge in [0.25, 0.3) is 0 Å². The van der Waals surface area contributed by atoms with Crippen LogP contribution >= 0.6 is 11.6 Å². The van der Waals surface area contributed by atoms with E-state index in [-0.39, 0.29) is 31.8 Å². The minimum Gasteiger partial charge on any atom is -0.460 e. The van der Waals surface area contributed by atoms with Crippen LogP contribution in [0.3, 0.4) is 0 Å². The summed E-state index contributed by atoms with van der Waals surface area (Å²) in [6.45, 7) is 0.889. The molecule has 0 fully saturated rings. The summed E-state index contributed by atoms with van der Waals surface area (Å²) in [6, 6.07) is 9.32. The van der Waals surface area contributed by atoms with Crippen LogP contribution in [0.25, 0.3) is 0 Å². The molecule has 0 aliphatic rings. The van der Waals surface area contributed by atoms with Gasteiger partial charge in [-0.2, -0.15) is 0 Å². The molecule has 0 spiro atoms. The van der Waals surface area contributed by atoms with E-state index in [0.29, 0.717) is 12.5 Å². The fraction of sp³-hybridized carbons (Fsp3) is 0.429. The van der Waals surface area contributed by atoms with Crippen LogP contribution in [0.1, 0.15) is 18.4 Å². The molecule has 0 N–H and O–H groups in total. The van der Waals surface area contributed by atoms with Gasteiger partial charge >= 0.3 is 5.97 Å². The van der Waals surface area contributed by atoms with Crippen LogP contribution < -0.4 is 0 Å². The van der Waals surface area contributed by atoms with E-state index in [0.717, 1.165) is 5.56 Å². The number of alkyl halides is 1. The van der Waals surface area contributed by atoms with Gasteiger partial charge in [0.15, 0.2) is 0 Å². The van der Waals surface area contributed by atoms with E-state index < -0.39 is 5.97 Å². The fourth-order valence-electron chi connectivity index (χ4n) is 1.38. The first kappa shape index (κ1) is 15.7. The summed E-state index contributed by atoms with van der Waals surface area (Å²) in [6.07, 6.45) is -0.00556. The molecule has 1 aromatic rings. The Hall–Kier alpha value is -1.39. The van der Waals surface area contributed by atoms with Crippen molar-refractivity contribution in [3.63, 3.8) is 0 Å². The molecule has 0 atom stereocenters. The van der Waals surface area contributed by atoms with Gasteiger partial charge in [-0.25, -0.2) is 0 Å². The molecule has 5 heteroatoms. The van der Waals surface area contributed by atoms with Crippen molar-refractivity contribution in [3.8, 4) is 0 Å². The van der Waals surface area contributed by atoms with Crippen molar-refractivity contribution in [1.82, 2.24) is 0 Å². The van der Waals surface area contributed by atoms with Crippen LogP contribution in [0.2, 0.25) is 0 Å². The second kappa shape index (κ2) is 9.53. The molecule has 19 heavy (non-hydrogen) atoms. The Bertz CT molecular complexity index is 392. The highest BCUT2D eigenvalue weighted by molar-refractivity contribution is 6.17. The van der Waals surface area contributed by atoms with Crippen molar-refractivity contribution in [2.75, 3.05) is 19.1 Å². The molecule has 0 heterocycles. The lowest BCUT2D eigenvalue weighted by atomic mass is 10.2. The number of benzene rings is 1. The largest absolute Gasteiger partial charge is 0.460 e. The first-order valence-corrected chi connectivity index (χ1v) is 6.61. The molecule has 0 saturated heterocycles. The molecule has 0 bridgehead atoms. The van der Waals surface area contributed by atoms with Crippen molar-refractivity contribution in [2.45, 2.75) is 19.4 Å². The van der Waals surface area contributed by atoms with Gasteiger partial charge in [-0.3, -0.25) is 9.59 Å². The van der Waals surface area contributed by atoms with E-state index in [1.165, 1.54) is 0 Å². The smallest absolute Gasteiger partial charge is 0.313 e. The SMILES string of the molecule is O=C(CCOCCCl)CC(=O)OCc1ccccc1. The average molecular weight is 285 g/mol. The summed E-state index contributed by atoms with van der Waals surface area (Å²) in [4.78, 5) is 22.8. The number of hydrogen-bond donors (Lipinski definition) is 0. The quantitative estimate of drug-likeness (QED) is 0.302. The predicted octanol–water partition coefficient (Wildman–Crippen LogP) is 2.33. The maximum atomic E-state index is 11.4. The van der Waals surface area contributed by atoms with Gasteiger partial charge < -0.3 is 9.47 Å². The Morgan fingerprint density at radius 1 is 1.11 bits per heavy atom. The van der Waals surface area contributed by atoms with E-state index in [2.05, 4.69) is 0 Å². The maximum absolute atomic E-state index is 11.4. The van der Waals surface area contributed by atoms with Crippen LogP contribution in [0, 0.1) is 0 Å². The molecule has 0 saturated carbocycles. The minimum absolute atomic E-state index is 0.187. The number of halogens is 1. The lowest BCUT2D eigenvalue weighted by molar-refractivity contribution is -0.147. The second-order valence-electron chi connectivity index (χ2n) is 3.91. The summed E-state index contributed by atoms with van der Waals surface area (Å²) < 4.78 is 10.1. The lowest BCUT2D eigenvalue weighted by Crippen LogP contribution is -2.13. The van der Waals surface area contributed by atoms with Crippen molar-refractivity contribution in [2.24, 2.45) is 0 Å². The van der Waals surface area contributed by atoms with E-state index in [9.17, 15) is 9.59 Å². The van der Waals surface area contributed by atoms with Gasteiger partial charge in [0.05, 0.1) is 13.2 Å². The number of ketones is 1. The molecule has 0 amide bonds. The van der Waals surface area contributed by atoms with Crippen LogP contribution in [-0.4, -0.2) is 30.8 Å². The van der Waals surface area contributed by atoms with Gasteiger partial charge in [0.2, 0.25) is 0 Å². The number of carbonyl (C=O) groups excluding carboxylic acids is 2. The van der Waals surface area contributed by atoms with Gasteiger partial charge in [-0.05, 0) is 5.56 Å². The third-order valence-electron chi connectivity index (χ3n) is 2.33. The van der Waals surface area contributed by atoms with Crippen molar-refractivity contribution in [3.05, 3.63) is 35.9 Å². The van der Waals surface area contributed by atoms with Crippen LogP contribution in [0.5, 0.6) is 0 Å². The molecule has 104 valence electrons. The third-order valence-corrected chi connectivity index (χ3v) is 2.49. The van der Waals surface area contributed by atoms with E-state index in [4.69, 9.17) is 21.1 Å². The van der Waals surface area contributed by atoms with Crippen LogP contribution in [0.4, 0.5) is 0 Å². The summed E-state index contributed by atoms with van der Waals surface area (Å²) in [5.74, 6) is -0.299. The number of carbonyl (C=O) groups is 2. The monoisotopic (exact) mass is 284 g/mol. The molecule has 0 aromatic heterocycles. The molecular weight excluding hydrogens is 268 g/mol. The highest BCUT2D eigenvalue weighted by Gasteiger charge is 2.10. The Morgan fingerprint density at radius 2 is 1.84 bits per heavy atom. The number of esters is 1. The first-order chi connectivity index (χ1) is 9.22. The Labute approximate surface area is 117 Å². The van der Waals surface area contributed by atoms with Crippen LogP contribution in [0.15, 0.2) is 30.3 Å². The normalized spacial score (nSPS) is 10.2. The molecule has 0 radical (unpaired) electrons. The van der Waals surface area contributed by atoms with Gasteiger partial charge in [-0.15, -0.1) is 11.6 Å². The standard InChI is InChI=1S/C14H17ClO4/c15-7-9-18-8-6-13(16)10-14(17)19-11-12-4-2-1-3-5-12/h1-5H,6-11H2. The molecule has 1 aromatic carbocycles. The van der Waals surface area contributed by atoms with Crippen molar-refractivity contribution >= 4 is 23.4 Å². The zero-order chi connectivity index (χ0) is 13.9. The highest BCUT2D eigenvalue weighted by atomic mass is 35.5. The third kappa shape index (κ3) is 7.59. The number of rotatable bonds is 9. The number of hydrogen-bond acceptors (Lipinski definition) is 4. The summed E-state index contributed by atoms with van der Waals surface area (Å²) in [7, 11) is 0. The molecular formula is C14H17ClO4. The second-order valence-corrected chi connectivity index (χ2v) is 4.29. The zero-order valence-electron chi connectivity index (χ0n) is 10.6. The van der Waals surface area contributed by atoms with Gasteiger partial charge in [0, 0.05) is 12.3 Å². The lowest BCUT2D eigenvalue weighted by Gasteiger charge is -2.05. The number of ether oxygens (including phenoxy) is 2. The molecule has 0 aliphatic heterocycles. The minimum atomic E-state index is -0.508. The average Bonchev–Trinajstić information content (AvgIpc) is 2.42. The molecule has 1 rings (SSSR count). The van der Waals surface area contributed by atoms with Gasteiger partial charge in [0.1, 0.15) is 18.8 Å². The highest BCUT2D eigenvalue weighted by Crippen LogP contribution is 2.02.